The molecule has 0 bridgehead atoms. The molecular weight excluding hydrogens is 445 g/mol. The van der Waals surface area contributed by atoms with Crippen LogP contribution < -0.4 is 10.6 Å². The van der Waals surface area contributed by atoms with E-state index in [2.05, 4.69) is 20.8 Å². The van der Waals surface area contributed by atoms with Crippen molar-refractivity contribution in [2.24, 2.45) is 0 Å². The number of benzene rings is 3. The fourth-order valence-electron chi connectivity index (χ4n) is 3.27. The van der Waals surface area contributed by atoms with Gasteiger partial charge in [-0.25, -0.2) is 4.79 Å². The van der Waals surface area contributed by atoms with E-state index in [1.807, 2.05) is 24.3 Å². The summed E-state index contributed by atoms with van der Waals surface area (Å²) in [6.07, 6.45) is -4.63. The molecule has 4 rings (SSSR count). The third-order valence-corrected chi connectivity index (χ3v) is 5.10. The van der Waals surface area contributed by atoms with Gasteiger partial charge in [0.25, 0.3) is 0 Å². The highest BCUT2D eigenvalue weighted by Gasteiger charge is 2.33. The zero-order valence-corrected chi connectivity index (χ0v) is 17.1. The number of hydrogen-bond donors (Lipinski definition) is 4. The second-order valence-corrected chi connectivity index (χ2v) is 7.35. The molecule has 2 amide bonds. The number of aliphatic hydroxyl groups is 1. The topological polar surface area (TPSA) is 90.0 Å². The van der Waals surface area contributed by atoms with Gasteiger partial charge in [-0.1, -0.05) is 35.9 Å². The van der Waals surface area contributed by atoms with Gasteiger partial charge >= 0.3 is 12.2 Å². The first-order valence-electron chi connectivity index (χ1n) is 9.37. The van der Waals surface area contributed by atoms with Gasteiger partial charge in [0, 0.05) is 16.8 Å². The number of halogens is 4. The van der Waals surface area contributed by atoms with Crippen LogP contribution in [0.3, 0.4) is 0 Å². The van der Waals surface area contributed by atoms with E-state index in [-0.39, 0.29) is 12.3 Å². The largest absolute Gasteiger partial charge is 0.417 e. The summed E-state index contributed by atoms with van der Waals surface area (Å²) in [6, 6.07) is 15.0. The third-order valence-electron chi connectivity index (χ3n) is 4.77. The maximum atomic E-state index is 13.0. The molecule has 1 aromatic heterocycles. The van der Waals surface area contributed by atoms with Crippen LogP contribution >= 0.6 is 11.6 Å². The van der Waals surface area contributed by atoms with Crippen LogP contribution in [0.1, 0.15) is 11.3 Å². The van der Waals surface area contributed by atoms with Crippen molar-refractivity contribution in [1.29, 1.82) is 0 Å². The first-order chi connectivity index (χ1) is 15.2. The van der Waals surface area contributed by atoms with Gasteiger partial charge in [0.15, 0.2) is 0 Å². The van der Waals surface area contributed by atoms with Gasteiger partial charge in [-0.05, 0) is 47.5 Å². The first kappa shape index (κ1) is 21.7. The van der Waals surface area contributed by atoms with Gasteiger partial charge in [-0.2, -0.15) is 18.3 Å². The van der Waals surface area contributed by atoms with Gasteiger partial charge in [0.05, 0.1) is 28.4 Å². The SMILES string of the molecule is O=C(Nc1cccc(-c2ccc3c(CO)n[nH]c3c2)c1)Nc1ccc(Cl)c(C(F)(F)F)c1. The van der Waals surface area contributed by atoms with Gasteiger partial charge in [-0.3, -0.25) is 5.10 Å². The summed E-state index contributed by atoms with van der Waals surface area (Å²) in [4.78, 5) is 12.3. The lowest BCUT2D eigenvalue weighted by Crippen LogP contribution is -2.20. The summed E-state index contributed by atoms with van der Waals surface area (Å²) in [5, 5.41) is 21.6. The first-order valence-corrected chi connectivity index (χ1v) is 9.75. The van der Waals surface area contributed by atoms with Crippen molar-refractivity contribution in [2.75, 3.05) is 10.6 Å². The lowest BCUT2D eigenvalue weighted by atomic mass is 10.0. The minimum Gasteiger partial charge on any atom is -0.390 e. The minimum atomic E-state index is -4.63. The third kappa shape index (κ3) is 4.53. The molecule has 4 aromatic rings. The Morgan fingerprint density at radius 2 is 1.72 bits per heavy atom. The summed E-state index contributed by atoms with van der Waals surface area (Å²) in [7, 11) is 0. The molecule has 6 nitrogen and oxygen atoms in total. The van der Waals surface area contributed by atoms with Crippen LogP contribution in [0.25, 0.3) is 22.0 Å². The van der Waals surface area contributed by atoms with Crippen LogP contribution in [-0.2, 0) is 12.8 Å². The minimum absolute atomic E-state index is 0.0419. The van der Waals surface area contributed by atoms with E-state index >= 15 is 0 Å². The van der Waals surface area contributed by atoms with Gasteiger partial charge < -0.3 is 15.7 Å². The summed E-state index contributed by atoms with van der Waals surface area (Å²) in [5.41, 5.74) is 2.33. The highest BCUT2D eigenvalue weighted by Crippen LogP contribution is 2.36. The lowest BCUT2D eigenvalue weighted by Gasteiger charge is -2.13. The Morgan fingerprint density at radius 3 is 2.44 bits per heavy atom. The zero-order chi connectivity index (χ0) is 22.9. The number of rotatable bonds is 4. The number of hydrogen-bond acceptors (Lipinski definition) is 3. The number of anilines is 2. The molecule has 1 heterocycles. The van der Waals surface area contributed by atoms with Crippen molar-refractivity contribution < 1.29 is 23.1 Å². The number of carbonyl (C=O) groups is 1. The molecule has 164 valence electrons. The number of nitrogens with one attached hydrogen (secondary N) is 3. The quantitative estimate of drug-likeness (QED) is 0.299. The van der Waals surface area contributed by atoms with Crippen molar-refractivity contribution in [1.82, 2.24) is 10.2 Å². The van der Waals surface area contributed by atoms with E-state index in [9.17, 15) is 23.1 Å². The molecule has 10 heteroatoms. The van der Waals surface area contributed by atoms with E-state index in [0.717, 1.165) is 34.2 Å². The lowest BCUT2D eigenvalue weighted by molar-refractivity contribution is -0.137. The fraction of sp³-hybridized carbons (Fsp3) is 0.0909. The number of aliphatic hydroxyl groups excluding tert-OH is 1. The highest BCUT2D eigenvalue weighted by atomic mass is 35.5. The molecular formula is C22H16ClF3N4O2. The molecule has 0 saturated carbocycles. The van der Waals surface area contributed by atoms with Gasteiger partial charge in [-0.15, -0.1) is 0 Å². The summed E-state index contributed by atoms with van der Waals surface area (Å²) >= 11 is 5.60. The second-order valence-electron chi connectivity index (χ2n) is 6.94. The summed E-state index contributed by atoms with van der Waals surface area (Å²) in [5.74, 6) is 0. The highest BCUT2D eigenvalue weighted by molar-refractivity contribution is 6.31. The maximum Gasteiger partial charge on any atom is 0.417 e. The molecule has 0 unspecified atom stereocenters. The molecule has 0 spiro atoms. The molecule has 3 aromatic carbocycles. The number of fused-ring (bicyclic) bond motifs is 1. The predicted molar refractivity (Wildman–Crippen MR) is 117 cm³/mol. The smallest absolute Gasteiger partial charge is 0.390 e. The van der Waals surface area contributed by atoms with E-state index in [1.165, 1.54) is 6.07 Å². The van der Waals surface area contributed by atoms with Crippen LogP contribution in [0.4, 0.5) is 29.3 Å². The van der Waals surface area contributed by atoms with Crippen molar-refractivity contribution in [2.45, 2.75) is 12.8 Å². The Hall–Kier alpha value is -3.56. The Morgan fingerprint density at radius 1 is 1.00 bits per heavy atom. The molecule has 0 fully saturated rings. The van der Waals surface area contributed by atoms with Crippen LogP contribution in [0.2, 0.25) is 5.02 Å². The Balaban J connectivity index is 1.51. The maximum absolute atomic E-state index is 13.0. The fourth-order valence-corrected chi connectivity index (χ4v) is 3.49. The predicted octanol–water partition coefficient (Wildman–Crippen LogP) is 6.04. The number of aromatic amines is 1. The summed E-state index contributed by atoms with van der Waals surface area (Å²) in [6.45, 7) is -0.175. The number of amides is 2. The summed E-state index contributed by atoms with van der Waals surface area (Å²) < 4.78 is 39.0. The normalized spacial score (nSPS) is 11.5. The monoisotopic (exact) mass is 460 g/mol. The molecule has 0 aliphatic rings. The van der Waals surface area contributed by atoms with Crippen molar-refractivity contribution in [3.8, 4) is 11.1 Å². The van der Waals surface area contributed by atoms with Gasteiger partial charge in [0.1, 0.15) is 0 Å². The van der Waals surface area contributed by atoms with Crippen LogP contribution in [-0.4, -0.2) is 21.3 Å². The van der Waals surface area contributed by atoms with Crippen molar-refractivity contribution >= 4 is 39.9 Å². The standard InChI is InChI=1S/C22H16ClF3N4O2/c23-18-7-5-15(10-17(18)22(24,25)26)28-21(32)27-14-3-1-2-12(8-14)13-4-6-16-19(9-13)29-30-20(16)11-31/h1-10,31H,11H2,(H,29,30)(H2,27,28,32). The average molecular weight is 461 g/mol. The molecule has 4 N–H and O–H groups in total. The van der Waals surface area contributed by atoms with Crippen molar-refractivity contribution in [3.05, 3.63) is 76.9 Å². The molecule has 0 aliphatic heterocycles. The number of H-pyrrole nitrogens is 1. The van der Waals surface area contributed by atoms with Crippen LogP contribution in [0.5, 0.6) is 0 Å². The Labute approximate surface area is 185 Å². The van der Waals surface area contributed by atoms with Crippen LogP contribution in [0, 0.1) is 0 Å². The molecule has 0 saturated heterocycles. The molecule has 0 aliphatic carbocycles. The molecule has 0 atom stereocenters. The zero-order valence-electron chi connectivity index (χ0n) is 16.3. The Bertz CT molecular complexity index is 1300. The van der Waals surface area contributed by atoms with E-state index in [1.54, 1.807) is 18.2 Å². The van der Waals surface area contributed by atoms with E-state index in [4.69, 9.17) is 11.6 Å². The second kappa shape index (κ2) is 8.52. The number of nitrogens with zero attached hydrogens (tertiary/aromatic N) is 1. The van der Waals surface area contributed by atoms with Gasteiger partial charge in [0.2, 0.25) is 0 Å². The number of alkyl halides is 3. The molecule has 0 radical (unpaired) electrons. The number of urea groups is 1. The van der Waals surface area contributed by atoms with Crippen molar-refractivity contribution in [3.63, 3.8) is 0 Å². The number of aromatic nitrogens is 2. The van der Waals surface area contributed by atoms with Crippen LogP contribution in [0.15, 0.2) is 60.7 Å². The number of carbonyl (C=O) groups excluding carboxylic acids is 1. The molecule has 32 heavy (non-hydrogen) atoms. The Kier molecular flexibility index (Phi) is 5.77. The van der Waals surface area contributed by atoms with E-state index in [0.29, 0.717) is 11.4 Å². The average Bonchev–Trinajstić information content (AvgIpc) is 3.17. The van der Waals surface area contributed by atoms with E-state index < -0.39 is 22.8 Å².